The molecule has 0 amide bonds. The van der Waals surface area contributed by atoms with E-state index in [0.29, 0.717) is 0 Å². The van der Waals surface area contributed by atoms with Crippen molar-refractivity contribution in [2.75, 3.05) is 5.73 Å². The quantitative estimate of drug-likeness (QED) is 0.181. The van der Waals surface area contributed by atoms with Gasteiger partial charge in [0.15, 0.2) is 0 Å². The molecule has 1 heteroatoms. The van der Waals surface area contributed by atoms with Gasteiger partial charge in [0.2, 0.25) is 0 Å². The molecule has 0 heterocycles. The van der Waals surface area contributed by atoms with Crippen molar-refractivity contribution in [3.63, 3.8) is 0 Å². The Balaban J connectivity index is 1.58. The van der Waals surface area contributed by atoms with Crippen molar-refractivity contribution < 1.29 is 0 Å². The third-order valence-corrected chi connectivity index (χ3v) is 8.97. The fraction of sp³-hybridized carbons (Fsp3) is 0.0769. The van der Waals surface area contributed by atoms with Crippen molar-refractivity contribution in [3.05, 3.63) is 139 Å². The van der Waals surface area contributed by atoms with E-state index in [9.17, 15) is 0 Å². The lowest BCUT2D eigenvalue weighted by atomic mass is 9.79. The van der Waals surface area contributed by atoms with Crippen LogP contribution >= 0.6 is 0 Å². The van der Waals surface area contributed by atoms with Gasteiger partial charge in [-0.2, -0.15) is 0 Å². The first-order valence-electron chi connectivity index (χ1n) is 14.0. The average Bonchev–Trinajstić information content (AvgIpc) is 3.22. The molecular weight excluding hydrogens is 482 g/mol. The fourth-order valence-electron chi connectivity index (χ4n) is 7.16. The first-order chi connectivity index (χ1) is 19.5. The summed E-state index contributed by atoms with van der Waals surface area (Å²) in [4.78, 5) is 0. The number of hydrogen-bond acceptors (Lipinski definition) is 1. The van der Waals surface area contributed by atoms with Crippen LogP contribution in [0.25, 0.3) is 65.7 Å². The number of fused-ring (bicyclic) bond motifs is 7. The highest BCUT2D eigenvalue weighted by atomic mass is 14.5. The summed E-state index contributed by atoms with van der Waals surface area (Å²) in [5, 5.41) is 7.50. The van der Waals surface area contributed by atoms with E-state index >= 15 is 0 Å². The molecule has 0 aromatic heterocycles. The zero-order chi connectivity index (χ0) is 27.0. The number of rotatable bonds is 2. The predicted molar refractivity (Wildman–Crippen MR) is 172 cm³/mol. The van der Waals surface area contributed by atoms with Crippen LogP contribution in [0.4, 0.5) is 5.69 Å². The summed E-state index contributed by atoms with van der Waals surface area (Å²) < 4.78 is 0. The average molecular weight is 512 g/mol. The van der Waals surface area contributed by atoms with Crippen molar-refractivity contribution in [1.82, 2.24) is 0 Å². The molecule has 8 rings (SSSR count). The molecule has 0 unspecified atom stereocenters. The molecule has 7 aromatic carbocycles. The van der Waals surface area contributed by atoms with Crippen LogP contribution in [0.5, 0.6) is 0 Å². The van der Waals surface area contributed by atoms with Crippen LogP contribution in [0.15, 0.2) is 127 Å². The van der Waals surface area contributed by atoms with Crippen LogP contribution in [0.1, 0.15) is 25.0 Å². The van der Waals surface area contributed by atoms with Gasteiger partial charge in [-0.3, -0.25) is 0 Å². The Bertz CT molecular complexity index is 2130. The van der Waals surface area contributed by atoms with Crippen molar-refractivity contribution >= 4 is 38.0 Å². The lowest BCUT2D eigenvalue weighted by Gasteiger charge is -2.24. The van der Waals surface area contributed by atoms with E-state index in [0.717, 1.165) is 5.69 Å². The molecule has 0 radical (unpaired) electrons. The molecule has 7 aromatic rings. The third kappa shape index (κ3) is 3.09. The highest BCUT2D eigenvalue weighted by Crippen LogP contribution is 2.54. The minimum absolute atomic E-state index is 0.0979. The maximum Gasteiger partial charge on any atom is 0.0320 e. The van der Waals surface area contributed by atoms with E-state index in [1.54, 1.807) is 0 Å². The number of benzene rings is 7. The van der Waals surface area contributed by atoms with Gasteiger partial charge in [-0.25, -0.2) is 0 Å². The SMILES string of the molecule is CC1(C)c2ccccc2-c2c1cc(-c1c3ccccc3c(-c3ccccc3)c3ccc(N)cc13)c1ccccc21. The summed E-state index contributed by atoms with van der Waals surface area (Å²) in [6.45, 7) is 4.73. The van der Waals surface area contributed by atoms with Gasteiger partial charge in [0.05, 0.1) is 0 Å². The minimum atomic E-state index is -0.0979. The van der Waals surface area contributed by atoms with Crippen molar-refractivity contribution in [2.24, 2.45) is 0 Å². The second kappa shape index (κ2) is 8.31. The van der Waals surface area contributed by atoms with Gasteiger partial charge in [-0.15, -0.1) is 0 Å². The summed E-state index contributed by atoms with van der Waals surface area (Å²) in [5.41, 5.74) is 17.7. The van der Waals surface area contributed by atoms with Crippen molar-refractivity contribution in [1.29, 1.82) is 0 Å². The maximum absolute atomic E-state index is 6.51. The Labute approximate surface area is 234 Å². The lowest BCUT2D eigenvalue weighted by Crippen LogP contribution is -2.15. The lowest BCUT2D eigenvalue weighted by molar-refractivity contribution is 0.661. The Morgan fingerprint density at radius 2 is 1.00 bits per heavy atom. The zero-order valence-corrected chi connectivity index (χ0v) is 22.7. The van der Waals surface area contributed by atoms with Crippen molar-refractivity contribution in [3.8, 4) is 33.4 Å². The molecular formula is C39H29N. The molecule has 0 atom stereocenters. The number of nitrogens with two attached hydrogens (primary N) is 1. The molecule has 40 heavy (non-hydrogen) atoms. The zero-order valence-electron chi connectivity index (χ0n) is 22.7. The summed E-state index contributed by atoms with van der Waals surface area (Å²) >= 11 is 0. The van der Waals surface area contributed by atoms with E-state index in [1.165, 1.54) is 76.8 Å². The smallest absolute Gasteiger partial charge is 0.0320 e. The molecule has 190 valence electrons. The summed E-state index contributed by atoms with van der Waals surface area (Å²) in [7, 11) is 0. The second-order valence-corrected chi connectivity index (χ2v) is 11.5. The second-order valence-electron chi connectivity index (χ2n) is 11.5. The molecule has 1 aliphatic carbocycles. The standard InChI is InChI=1S/C39H29N/c1-39(2)34-19-11-10-18-31(34)38-27-15-7-6-14-26(27)33(23-35(38)39)37-29-17-9-8-16-28(29)36(24-12-4-3-5-13-24)30-21-20-25(40)22-32(30)37/h3-23H,40H2,1-2H3. The van der Waals surface area contributed by atoms with E-state index in [-0.39, 0.29) is 5.41 Å². The van der Waals surface area contributed by atoms with Crippen LogP contribution < -0.4 is 5.73 Å². The van der Waals surface area contributed by atoms with Gasteiger partial charge in [-0.05, 0) is 95.0 Å². The van der Waals surface area contributed by atoms with Crippen LogP contribution in [-0.2, 0) is 5.41 Å². The summed E-state index contributed by atoms with van der Waals surface area (Å²) in [6, 6.07) is 46.3. The molecule has 0 fully saturated rings. The molecule has 0 bridgehead atoms. The normalized spacial score (nSPS) is 13.6. The van der Waals surface area contributed by atoms with E-state index in [1.807, 2.05) is 6.07 Å². The third-order valence-electron chi connectivity index (χ3n) is 8.97. The van der Waals surface area contributed by atoms with Crippen molar-refractivity contribution in [2.45, 2.75) is 19.3 Å². The molecule has 1 aliphatic rings. The van der Waals surface area contributed by atoms with Gasteiger partial charge in [0, 0.05) is 11.1 Å². The molecule has 1 nitrogen and oxygen atoms in total. The number of hydrogen-bond donors (Lipinski definition) is 1. The molecule has 0 aliphatic heterocycles. The maximum atomic E-state index is 6.51. The van der Waals surface area contributed by atoms with E-state index in [2.05, 4.69) is 135 Å². The molecule has 0 spiro atoms. The number of nitrogen functional groups attached to an aromatic ring is 1. The first-order valence-corrected chi connectivity index (χ1v) is 14.0. The van der Waals surface area contributed by atoms with Gasteiger partial charge >= 0.3 is 0 Å². The van der Waals surface area contributed by atoms with Crippen LogP contribution in [0.2, 0.25) is 0 Å². The van der Waals surface area contributed by atoms with E-state index < -0.39 is 0 Å². The monoisotopic (exact) mass is 511 g/mol. The first kappa shape index (κ1) is 23.0. The molecule has 0 saturated carbocycles. The topological polar surface area (TPSA) is 26.0 Å². The van der Waals surface area contributed by atoms with E-state index in [4.69, 9.17) is 5.73 Å². The van der Waals surface area contributed by atoms with Gasteiger partial charge < -0.3 is 5.73 Å². The Kier molecular flexibility index (Phi) is 4.79. The van der Waals surface area contributed by atoms with Gasteiger partial charge in [0.1, 0.15) is 0 Å². The fourth-order valence-corrected chi connectivity index (χ4v) is 7.16. The summed E-state index contributed by atoms with van der Waals surface area (Å²) in [6.07, 6.45) is 0. The Morgan fingerprint density at radius 1 is 0.425 bits per heavy atom. The summed E-state index contributed by atoms with van der Waals surface area (Å²) in [5.74, 6) is 0. The molecule has 0 saturated heterocycles. The van der Waals surface area contributed by atoms with Crippen LogP contribution in [0, 0.1) is 0 Å². The Hall–Kier alpha value is -4.88. The predicted octanol–water partition coefficient (Wildman–Crippen LogP) is 10.4. The largest absolute Gasteiger partial charge is 0.399 e. The van der Waals surface area contributed by atoms with Crippen LogP contribution in [0.3, 0.4) is 0 Å². The van der Waals surface area contributed by atoms with Gasteiger partial charge in [0.25, 0.3) is 0 Å². The van der Waals surface area contributed by atoms with Gasteiger partial charge in [-0.1, -0.05) is 123 Å². The minimum Gasteiger partial charge on any atom is -0.399 e. The highest BCUT2D eigenvalue weighted by molar-refractivity contribution is 6.25. The van der Waals surface area contributed by atoms with Crippen LogP contribution in [-0.4, -0.2) is 0 Å². The highest BCUT2D eigenvalue weighted by Gasteiger charge is 2.37. The number of anilines is 1. The Morgan fingerprint density at radius 3 is 1.75 bits per heavy atom. The molecule has 2 N–H and O–H groups in total.